The number of benzene rings is 2. The molecule has 3 heteroatoms. The van der Waals surface area contributed by atoms with E-state index in [-0.39, 0.29) is 5.91 Å². The molecule has 0 unspecified atom stereocenters. The summed E-state index contributed by atoms with van der Waals surface area (Å²) in [5.41, 5.74) is 3.23. The molecular weight excluding hydrogens is 278 g/mol. The van der Waals surface area contributed by atoms with Crippen LogP contribution in [0.3, 0.4) is 0 Å². The van der Waals surface area contributed by atoms with Gasteiger partial charge in [-0.2, -0.15) is 0 Å². The summed E-state index contributed by atoms with van der Waals surface area (Å²) in [6, 6.07) is 21.9. The zero-order chi connectivity index (χ0) is 14.5. The van der Waals surface area contributed by atoms with E-state index in [0.29, 0.717) is 0 Å². The number of anilines is 1. The molecule has 1 N–H and O–H groups in total. The molecule has 1 amide bonds. The maximum absolute atomic E-state index is 12.2. The lowest BCUT2D eigenvalue weighted by Crippen LogP contribution is -2.11. The van der Waals surface area contributed by atoms with E-state index >= 15 is 0 Å². The Hall–Kier alpha value is -2.39. The number of amides is 1. The van der Waals surface area contributed by atoms with E-state index in [1.165, 1.54) is 16.9 Å². The number of hydrogen-bond acceptors (Lipinski definition) is 2. The van der Waals surface area contributed by atoms with Crippen molar-refractivity contribution in [2.45, 2.75) is 6.42 Å². The summed E-state index contributed by atoms with van der Waals surface area (Å²) in [6.45, 7) is 0. The number of carbonyl (C=O) groups excluding carboxylic acids is 1. The van der Waals surface area contributed by atoms with Gasteiger partial charge in [-0.05, 0) is 35.1 Å². The van der Waals surface area contributed by atoms with Crippen molar-refractivity contribution < 1.29 is 4.79 Å². The first kappa shape index (κ1) is 13.6. The number of nitrogens with one attached hydrogen (secondary N) is 1. The van der Waals surface area contributed by atoms with Gasteiger partial charge in [0, 0.05) is 5.69 Å². The molecule has 0 aliphatic carbocycles. The first-order valence-corrected chi connectivity index (χ1v) is 7.67. The van der Waals surface area contributed by atoms with Crippen LogP contribution in [0, 0.1) is 0 Å². The third kappa shape index (κ3) is 3.38. The summed E-state index contributed by atoms with van der Waals surface area (Å²) in [7, 11) is 0. The molecule has 21 heavy (non-hydrogen) atoms. The number of hydrogen-bond donors (Lipinski definition) is 1. The summed E-state index contributed by atoms with van der Waals surface area (Å²) >= 11 is 1.45. The maximum atomic E-state index is 12.2. The van der Waals surface area contributed by atoms with Crippen LogP contribution in [0.15, 0.2) is 72.1 Å². The lowest BCUT2D eigenvalue weighted by Gasteiger charge is -2.10. The Morgan fingerprint density at radius 1 is 0.905 bits per heavy atom. The molecular formula is C18H15NOS. The molecule has 0 saturated carbocycles. The van der Waals surface area contributed by atoms with Crippen LogP contribution in [0.5, 0.6) is 0 Å². The summed E-state index contributed by atoms with van der Waals surface area (Å²) in [5.74, 6) is -0.0505. The van der Waals surface area contributed by atoms with Gasteiger partial charge in [-0.1, -0.05) is 54.6 Å². The number of carbonyl (C=O) groups is 1. The lowest BCUT2D eigenvalue weighted by molar-refractivity contribution is 0.103. The zero-order valence-corrected chi connectivity index (χ0v) is 12.3. The van der Waals surface area contributed by atoms with E-state index in [0.717, 1.165) is 22.5 Å². The largest absolute Gasteiger partial charge is 0.321 e. The van der Waals surface area contributed by atoms with Gasteiger partial charge in [0.2, 0.25) is 0 Å². The fourth-order valence-electron chi connectivity index (χ4n) is 2.20. The third-order valence-corrected chi connectivity index (χ3v) is 4.12. The Balaban J connectivity index is 1.81. The average Bonchev–Trinajstić information content (AvgIpc) is 3.05. The van der Waals surface area contributed by atoms with Crippen LogP contribution in [0.2, 0.25) is 0 Å². The van der Waals surface area contributed by atoms with Crippen LogP contribution in [0.4, 0.5) is 5.69 Å². The summed E-state index contributed by atoms with van der Waals surface area (Å²) in [5, 5.41) is 4.91. The lowest BCUT2D eigenvalue weighted by atomic mass is 10.0. The average molecular weight is 293 g/mol. The van der Waals surface area contributed by atoms with Crippen LogP contribution in [0.1, 0.15) is 20.8 Å². The van der Waals surface area contributed by atoms with Gasteiger partial charge in [0.25, 0.3) is 5.91 Å². The standard InChI is InChI=1S/C18H15NOS/c20-18(17-11-6-12-21-17)19-16-10-5-4-9-15(16)13-14-7-2-1-3-8-14/h1-12H,13H2,(H,19,20). The van der Waals surface area contributed by atoms with Gasteiger partial charge in [-0.25, -0.2) is 0 Å². The SMILES string of the molecule is O=C(Nc1ccccc1Cc1ccccc1)c1cccs1. The van der Waals surface area contributed by atoms with Gasteiger partial charge in [0.15, 0.2) is 0 Å². The minimum atomic E-state index is -0.0505. The monoisotopic (exact) mass is 293 g/mol. The van der Waals surface area contributed by atoms with Crippen LogP contribution < -0.4 is 5.32 Å². The molecule has 0 fully saturated rings. The molecule has 0 atom stereocenters. The van der Waals surface area contributed by atoms with Gasteiger partial charge in [0.05, 0.1) is 4.88 Å². The quantitative estimate of drug-likeness (QED) is 0.749. The van der Waals surface area contributed by atoms with Crippen molar-refractivity contribution in [2.75, 3.05) is 5.32 Å². The Labute approximate surface area is 128 Å². The fourth-order valence-corrected chi connectivity index (χ4v) is 2.82. The molecule has 0 aliphatic rings. The summed E-state index contributed by atoms with van der Waals surface area (Å²) in [4.78, 5) is 12.9. The molecule has 0 bridgehead atoms. The molecule has 104 valence electrons. The molecule has 2 aromatic carbocycles. The minimum Gasteiger partial charge on any atom is -0.321 e. The molecule has 0 spiro atoms. The van der Waals surface area contributed by atoms with Crippen molar-refractivity contribution in [3.8, 4) is 0 Å². The van der Waals surface area contributed by atoms with Crippen LogP contribution >= 0.6 is 11.3 Å². The second-order valence-corrected chi connectivity index (χ2v) is 5.70. The van der Waals surface area contributed by atoms with Crippen molar-refractivity contribution in [1.29, 1.82) is 0 Å². The second kappa shape index (κ2) is 6.37. The van der Waals surface area contributed by atoms with E-state index in [2.05, 4.69) is 23.5 Å². The second-order valence-electron chi connectivity index (χ2n) is 4.75. The summed E-state index contributed by atoms with van der Waals surface area (Å²) < 4.78 is 0. The van der Waals surface area contributed by atoms with Gasteiger partial charge >= 0.3 is 0 Å². The maximum Gasteiger partial charge on any atom is 0.265 e. The Morgan fingerprint density at radius 2 is 1.67 bits per heavy atom. The molecule has 0 radical (unpaired) electrons. The highest BCUT2D eigenvalue weighted by atomic mass is 32.1. The van der Waals surface area contributed by atoms with E-state index in [9.17, 15) is 4.79 Å². The van der Waals surface area contributed by atoms with Crippen molar-refractivity contribution in [2.24, 2.45) is 0 Å². The molecule has 3 aromatic rings. The number of rotatable bonds is 4. The van der Waals surface area contributed by atoms with Crippen molar-refractivity contribution in [3.63, 3.8) is 0 Å². The smallest absolute Gasteiger partial charge is 0.265 e. The molecule has 0 aliphatic heterocycles. The van der Waals surface area contributed by atoms with Crippen LogP contribution in [0.25, 0.3) is 0 Å². The summed E-state index contributed by atoms with van der Waals surface area (Å²) in [6.07, 6.45) is 0.807. The first-order chi connectivity index (χ1) is 10.3. The highest BCUT2D eigenvalue weighted by molar-refractivity contribution is 7.12. The van der Waals surface area contributed by atoms with Gasteiger partial charge < -0.3 is 5.32 Å². The Bertz CT molecular complexity index is 720. The van der Waals surface area contributed by atoms with E-state index in [1.54, 1.807) is 0 Å². The topological polar surface area (TPSA) is 29.1 Å². The predicted octanol–water partition coefficient (Wildman–Crippen LogP) is 4.59. The van der Waals surface area contributed by atoms with Gasteiger partial charge in [-0.15, -0.1) is 11.3 Å². The molecule has 0 saturated heterocycles. The zero-order valence-electron chi connectivity index (χ0n) is 11.5. The molecule has 1 heterocycles. The fraction of sp³-hybridized carbons (Fsp3) is 0.0556. The normalized spacial score (nSPS) is 10.3. The van der Waals surface area contributed by atoms with E-state index < -0.39 is 0 Å². The highest BCUT2D eigenvalue weighted by Gasteiger charge is 2.09. The van der Waals surface area contributed by atoms with Crippen LogP contribution in [-0.4, -0.2) is 5.91 Å². The van der Waals surface area contributed by atoms with E-state index in [1.807, 2.05) is 53.9 Å². The molecule has 2 nitrogen and oxygen atoms in total. The van der Waals surface area contributed by atoms with Gasteiger partial charge in [0.1, 0.15) is 0 Å². The first-order valence-electron chi connectivity index (χ1n) is 6.79. The third-order valence-electron chi connectivity index (χ3n) is 3.25. The Kier molecular flexibility index (Phi) is 4.12. The number of thiophene rings is 1. The highest BCUT2D eigenvalue weighted by Crippen LogP contribution is 2.20. The predicted molar refractivity (Wildman–Crippen MR) is 88.0 cm³/mol. The van der Waals surface area contributed by atoms with Crippen molar-refractivity contribution in [1.82, 2.24) is 0 Å². The minimum absolute atomic E-state index is 0.0505. The van der Waals surface area contributed by atoms with Crippen molar-refractivity contribution in [3.05, 3.63) is 88.1 Å². The van der Waals surface area contributed by atoms with Gasteiger partial charge in [-0.3, -0.25) is 4.79 Å². The van der Waals surface area contributed by atoms with Crippen molar-refractivity contribution >= 4 is 22.9 Å². The van der Waals surface area contributed by atoms with Crippen LogP contribution in [-0.2, 0) is 6.42 Å². The number of para-hydroxylation sites is 1. The molecule has 3 rings (SSSR count). The van der Waals surface area contributed by atoms with E-state index in [4.69, 9.17) is 0 Å². The Morgan fingerprint density at radius 3 is 2.43 bits per heavy atom. The molecule has 1 aromatic heterocycles.